The van der Waals surface area contributed by atoms with E-state index in [4.69, 9.17) is 5.73 Å². The normalized spacial score (nSPS) is 17.7. The molecule has 0 aliphatic heterocycles. The van der Waals surface area contributed by atoms with E-state index < -0.39 is 0 Å². The van der Waals surface area contributed by atoms with Gasteiger partial charge in [-0.15, -0.1) is 0 Å². The highest BCUT2D eigenvalue weighted by molar-refractivity contribution is 5.09. The van der Waals surface area contributed by atoms with Crippen molar-refractivity contribution in [3.63, 3.8) is 0 Å². The molecule has 3 N–H and O–H groups in total. The van der Waals surface area contributed by atoms with Gasteiger partial charge in [0, 0.05) is 23.7 Å². The lowest BCUT2D eigenvalue weighted by molar-refractivity contribution is 0.605. The molecule has 1 aliphatic rings. The van der Waals surface area contributed by atoms with Crippen molar-refractivity contribution in [1.29, 1.82) is 0 Å². The van der Waals surface area contributed by atoms with E-state index in [0.717, 1.165) is 43.5 Å². The second-order valence-corrected chi connectivity index (χ2v) is 4.40. The maximum atomic E-state index is 11.6. The van der Waals surface area contributed by atoms with Gasteiger partial charge >= 0.3 is 0 Å². The first-order valence-electron chi connectivity index (χ1n) is 5.49. The first-order chi connectivity index (χ1) is 7.13. The van der Waals surface area contributed by atoms with Crippen molar-refractivity contribution in [2.45, 2.75) is 44.6 Å². The molecule has 0 aromatic carbocycles. The largest absolute Gasteiger partial charge is 0.325 e. The molecule has 0 atom stereocenters. The highest BCUT2D eigenvalue weighted by Crippen LogP contribution is 2.36. The minimum atomic E-state index is -0.00824. The molecule has 15 heavy (non-hydrogen) atoms. The van der Waals surface area contributed by atoms with Gasteiger partial charge in [-0.3, -0.25) is 4.79 Å². The lowest BCUT2D eigenvalue weighted by atomic mass is 10.1. The van der Waals surface area contributed by atoms with E-state index in [2.05, 4.69) is 9.97 Å². The summed E-state index contributed by atoms with van der Waals surface area (Å²) < 4.78 is 0. The van der Waals surface area contributed by atoms with Crippen molar-refractivity contribution in [2.24, 2.45) is 5.73 Å². The molecule has 0 bridgehead atoms. The van der Waals surface area contributed by atoms with Crippen LogP contribution >= 0.6 is 0 Å². The first kappa shape index (κ1) is 10.4. The van der Waals surface area contributed by atoms with Gasteiger partial charge in [0.2, 0.25) is 0 Å². The Labute approximate surface area is 88.9 Å². The van der Waals surface area contributed by atoms with E-state index in [9.17, 15) is 4.79 Å². The topological polar surface area (TPSA) is 71.8 Å². The Hall–Kier alpha value is -1.16. The number of aromatic amines is 1. The molecule has 0 saturated heterocycles. The Morgan fingerprint density at radius 2 is 2.33 bits per heavy atom. The summed E-state index contributed by atoms with van der Waals surface area (Å²) in [5.41, 5.74) is 6.72. The van der Waals surface area contributed by atoms with Crippen LogP contribution in [0.3, 0.4) is 0 Å². The summed E-state index contributed by atoms with van der Waals surface area (Å²) in [6, 6.07) is 0. The number of nitrogens with one attached hydrogen (secondary N) is 1. The van der Waals surface area contributed by atoms with Crippen molar-refractivity contribution in [1.82, 2.24) is 9.97 Å². The maximum absolute atomic E-state index is 11.6. The van der Waals surface area contributed by atoms with Crippen molar-refractivity contribution >= 4 is 0 Å². The molecule has 2 rings (SSSR count). The molecule has 1 aromatic rings. The SMILES string of the molecule is CCc1ncc(CCC2(N)CC2)c(=O)[nH]1. The summed E-state index contributed by atoms with van der Waals surface area (Å²) >= 11 is 0. The minimum Gasteiger partial charge on any atom is -0.325 e. The zero-order chi connectivity index (χ0) is 10.9. The summed E-state index contributed by atoms with van der Waals surface area (Å²) in [6.45, 7) is 1.97. The standard InChI is InChI=1S/C11H17N3O/c1-2-9-13-7-8(10(15)14-9)3-4-11(12)5-6-11/h7H,2-6,12H2,1H3,(H,13,14,15). The molecule has 82 valence electrons. The third-order valence-corrected chi connectivity index (χ3v) is 3.05. The molecule has 1 heterocycles. The van der Waals surface area contributed by atoms with Gasteiger partial charge in [0.25, 0.3) is 5.56 Å². The van der Waals surface area contributed by atoms with Crippen LogP contribution in [0.5, 0.6) is 0 Å². The van der Waals surface area contributed by atoms with Crippen LogP contribution in [-0.4, -0.2) is 15.5 Å². The highest BCUT2D eigenvalue weighted by atomic mass is 16.1. The molecule has 0 unspecified atom stereocenters. The first-order valence-corrected chi connectivity index (χ1v) is 5.49. The summed E-state index contributed by atoms with van der Waals surface area (Å²) in [4.78, 5) is 18.6. The molecular weight excluding hydrogens is 190 g/mol. The van der Waals surface area contributed by atoms with Crippen molar-refractivity contribution in [2.75, 3.05) is 0 Å². The van der Waals surface area contributed by atoms with E-state index in [0.29, 0.717) is 0 Å². The second kappa shape index (κ2) is 3.77. The zero-order valence-electron chi connectivity index (χ0n) is 9.05. The van der Waals surface area contributed by atoms with Crippen molar-refractivity contribution < 1.29 is 0 Å². The van der Waals surface area contributed by atoms with Crippen LogP contribution in [0.25, 0.3) is 0 Å². The average molecular weight is 207 g/mol. The van der Waals surface area contributed by atoms with E-state index in [1.807, 2.05) is 6.92 Å². The Morgan fingerprint density at radius 1 is 1.60 bits per heavy atom. The van der Waals surface area contributed by atoms with Gasteiger partial charge in [-0.1, -0.05) is 6.92 Å². The van der Waals surface area contributed by atoms with Crippen LogP contribution in [0.2, 0.25) is 0 Å². The summed E-state index contributed by atoms with van der Waals surface area (Å²) in [7, 11) is 0. The minimum absolute atomic E-state index is 0.00824. The lowest BCUT2D eigenvalue weighted by Gasteiger charge is -2.07. The smallest absolute Gasteiger partial charge is 0.254 e. The molecule has 0 radical (unpaired) electrons. The number of aryl methyl sites for hydroxylation is 2. The van der Waals surface area contributed by atoms with Crippen molar-refractivity contribution in [3.8, 4) is 0 Å². The fourth-order valence-electron chi connectivity index (χ4n) is 1.61. The van der Waals surface area contributed by atoms with Gasteiger partial charge in [-0.05, 0) is 25.7 Å². The molecule has 4 nitrogen and oxygen atoms in total. The Kier molecular flexibility index (Phi) is 2.61. The molecule has 1 saturated carbocycles. The number of aromatic nitrogens is 2. The Morgan fingerprint density at radius 3 is 2.87 bits per heavy atom. The monoisotopic (exact) mass is 207 g/mol. The van der Waals surface area contributed by atoms with Crippen LogP contribution < -0.4 is 11.3 Å². The third kappa shape index (κ3) is 2.45. The number of rotatable bonds is 4. The lowest BCUT2D eigenvalue weighted by Crippen LogP contribution is -2.24. The van der Waals surface area contributed by atoms with Gasteiger partial charge in [-0.2, -0.15) is 0 Å². The van der Waals surface area contributed by atoms with Crippen LogP contribution in [0.15, 0.2) is 11.0 Å². The van der Waals surface area contributed by atoms with Crippen LogP contribution in [0.4, 0.5) is 0 Å². The van der Waals surface area contributed by atoms with Crippen LogP contribution in [-0.2, 0) is 12.8 Å². The summed E-state index contributed by atoms with van der Waals surface area (Å²) in [6.07, 6.45) is 6.25. The average Bonchev–Trinajstić information content (AvgIpc) is 2.95. The number of hydrogen-bond donors (Lipinski definition) is 2. The number of hydrogen-bond acceptors (Lipinski definition) is 3. The van der Waals surface area contributed by atoms with E-state index >= 15 is 0 Å². The quantitative estimate of drug-likeness (QED) is 0.765. The number of nitrogens with zero attached hydrogens (tertiary/aromatic N) is 1. The van der Waals surface area contributed by atoms with Crippen LogP contribution in [0, 0.1) is 0 Å². The molecule has 1 fully saturated rings. The van der Waals surface area contributed by atoms with Gasteiger partial charge in [0.1, 0.15) is 5.82 Å². The molecule has 1 aliphatic carbocycles. The zero-order valence-corrected chi connectivity index (χ0v) is 9.05. The Bertz CT molecular complexity index is 407. The van der Waals surface area contributed by atoms with Crippen LogP contribution in [0.1, 0.15) is 37.6 Å². The van der Waals surface area contributed by atoms with Gasteiger partial charge in [0.15, 0.2) is 0 Å². The molecule has 4 heteroatoms. The van der Waals surface area contributed by atoms with E-state index in [-0.39, 0.29) is 11.1 Å². The highest BCUT2D eigenvalue weighted by Gasteiger charge is 2.37. The predicted molar refractivity (Wildman–Crippen MR) is 58.7 cm³/mol. The second-order valence-electron chi connectivity index (χ2n) is 4.40. The van der Waals surface area contributed by atoms with E-state index in [1.54, 1.807) is 6.20 Å². The van der Waals surface area contributed by atoms with Gasteiger partial charge in [0.05, 0.1) is 0 Å². The summed E-state index contributed by atoms with van der Waals surface area (Å²) in [5, 5.41) is 0. The van der Waals surface area contributed by atoms with Gasteiger partial charge in [-0.25, -0.2) is 4.98 Å². The molecule has 0 spiro atoms. The van der Waals surface area contributed by atoms with Gasteiger partial charge < -0.3 is 10.7 Å². The number of nitrogens with two attached hydrogens (primary N) is 1. The summed E-state index contributed by atoms with van der Waals surface area (Å²) in [5.74, 6) is 0.748. The number of H-pyrrole nitrogens is 1. The maximum Gasteiger partial charge on any atom is 0.254 e. The molecule has 0 amide bonds. The third-order valence-electron chi connectivity index (χ3n) is 3.05. The van der Waals surface area contributed by atoms with E-state index in [1.165, 1.54) is 0 Å². The predicted octanol–water partition coefficient (Wildman–Crippen LogP) is 0.756. The van der Waals surface area contributed by atoms with Crippen molar-refractivity contribution in [3.05, 3.63) is 27.9 Å². The fraction of sp³-hybridized carbons (Fsp3) is 0.636. The molecular formula is C11H17N3O. The molecule has 1 aromatic heterocycles. The fourth-order valence-corrected chi connectivity index (χ4v) is 1.61. The Balaban J connectivity index is 2.05.